The van der Waals surface area contributed by atoms with Gasteiger partial charge in [0.2, 0.25) is 0 Å². The molecule has 3 nitrogen and oxygen atoms in total. The average Bonchev–Trinajstić information content (AvgIpc) is 2.38. The normalized spacial score (nSPS) is 17.8. The van der Waals surface area contributed by atoms with Gasteiger partial charge in [0.05, 0.1) is 6.04 Å². The van der Waals surface area contributed by atoms with Gasteiger partial charge in [-0.25, -0.2) is 4.98 Å². The predicted molar refractivity (Wildman–Crippen MR) is 79.1 cm³/mol. The minimum atomic E-state index is 0.346. The monoisotopic (exact) mass is 253 g/mol. The summed E-state index contributed by atoms with van der Waals surface area (Å²) in [6.07, 6.45) is 5.32. The number of fused-ring (bicyclic) bond motifs is 1. The SMILES string of the molecule is Cc1ccnc(NC2CCCc3cc(N)ccc32)c1. The van der Waals surface area contributed by atoms with Gasteiger partial charge < -0.3 is 11.1 Å². The number of nitrogens with zero attached hydrogens (tertiary/aromatic N) is 1. The number of rotatable bonds is 2. The van der Waals surface area contributed by atoms with Crippen LogP contribution in [-0.2, 0) is 6.42 Å². The van der Waals surface area contributed by atoms with Gasteiger partial charge in [-0.3, -0.25) is 0 Å². The van der Waals surface area contributed by atoms with Crippen molar-refractivity contribution in [3.8, 4) is 0 Å². The van der Waals surface area contributed by atoms with Gasteiger partial charge in [-0.15, -0.1) is 0 Å². The maximum absolute atomic E-state index is 5.87. The number of nitrogens with two attached hydrogens (primary N) is 1. The van der Waals surface area contributed by atoms with Crippen LogP contribution in [0, 0.1) is 6.92 Å². The third kappa shape index (κ3) is 2.55. The van der Waals surface area contributed by atoms with E-state index in [0.717, 1.165) is 24.3 Å². The van der Waals surface area contributed by atoms with Crippen molar-refractivity contribution in [1.82, 2.24) is 4.98 Å². The van der Waals surface area contributed by atoms with Crippen molar-refractivity contribution in [2.45, 2.75) is 32.2 Å². The first-order chi connectivity index (χ1) is 9.22. The second-order valence-corrected chi connectivity index (χ2v) is 5.27. The minimum absolute atomic E-state index is 0.346. The first-order valence-electron chi connectivity index (χ1n) is 6.80. The van der Waals surface area contributed by atoms with Gasteiger partial charge in [0.1, 0.15) is 5.82 Å². The number of nitrogen functional groups attached to an aromatic ring is 1. The van der Waals surface area contributed by atoms with Crippen LogP contribution in [0.1, 0.15) is 35.6 Å². The molecule has 0 fully saturated rings. The summed E-state index contributed by atoms with van der Waals surface area (Å²) in [5.74, 6) is 0.953. The van der Waals surface area contributed by atoms with Crippen LogP contribution >= 0.6 is 0 Å². The van der Waals surface area contributed by atoms with E-state index in [0.29, 0.717) is 6.04 Å². The zero-order valence-corrected chi connectivity index (χ0v) is 11.2. The molecule has 1 atom stereocenters. The molecule has 0 saturated carbocycles. The number of anilines is 2. The summed E-state index contributed by atoms with van der Waals surface area (Å²) in [7, 11) is 0. The van der Waals surface area contributed by atoms with Crippen LogP contribution < -0.4 is 11.1 Å². The van der Waals surface area contributed by atoms with Crippen LogP contribution in [0.15, 0.2) is 36.5 Å². The van der Waals surface area contributed by atoms with Gasteiger partial charge in [-0.2, -0.15) is 0 Å². The zero-order valence-electron chi connectivity index (χ0n) is 11.2. The quantitative estimate of drug-likeness (QED) is 0.806. The van der Waals surface area contributed by atoms with Crippen molar-refractivity contribution in [1.29, 1.82) is 0 Å². The van der Waals surface area contributed by atoms with Gasteiger partial charge in [0.25, 0.3) is 0 Å². The molecule has 0 aliphatic heterocycles. The maximum atomic E-state index is 5.87. The summed E-state index contributed by atoms with van der Waals surface area (Å²) in [6, 6.07) is 10.7. The molecule has 1 aliphatic rings. The van der Waals surface area contributed by atoms with E-state index >= 15 is 0 Å². The van der Waals surface area contributed by atoms with E-state index < -0.39 is 0 Å². The Morgan fingerprint density at radius 1 is 1.26 bits per heavy atom. The van der Waals surface area contributed by atoms with Crippen LogP contribution in [0.25, 0.3) is 0 Å². The van der Waals surface area contributed by atoms with Gasteiger partial charge in [-0.05, 0) is 67.1 Å². The number of aryl methyl sites for hydroxylation is 2. The number of nitrogens with one attached hydrogen (secondary N) is 1. The van der Waals surface area contributed by atoms with Crippen LogP contribution in [0.5, 0.6) is 0 Å². The van der Waals surface area contributed by atoms with E-state index in [2.05, 4.69) is 35.4 Å². The fourth-order valence-electron chi connectivity index (χ4n) is 2.78. The summed E-state index contributed by atoms with van der Waals surface area (Å²) in [6.45, 7) is 2.09. The standard InChI is InChI=1S/C16H19N3/c1-11-7-8-18-16(9-11)19-15-4-2-3-12-10-13(17)5-6-14(12)15/h5-10,15H,2-4,17H2,1H3,(H,18,19). The lowest BCUT2D eigenvalue weighted by molar-refractivity contribution is 0.599. The number of hydrogen-bond donors (Lipinski definition) is 2. The van der Waals surface area contributed by atoms with Crippen molar-refractivity contribution >= 4 is 11.5 Å². The van der Waals surface area contributed by atoms with Crippen molar-refractivity contribution in [2.75, 3.05) is 11.1 Å². The molecule has 1 aliphatic carbocycles. The van der Waals surface area contributed by atoms with Crippen molar-refractivity contribution < 1.29 is 0 Å². The Balaban J connectivity index is 1.87. The highest BCUT2D eigenvalue weighted by atomic mass is 15.0. The largest absolute Gasteiger partial charge is 0.399 e. The van der Waals surface area contributed by atoms with Gasteiger partial charge in [-0.1, -0.05) is 6.07 Å². The number of pyridine rings is 1. The Morgan fingerprint density at radius 2 is 2.16 bits per heavy atom. The number of aromatic nitrogens is 1. The zero-order chi connectivity index (χ0) is 13.2. The van der Waals surface area contributed by atoms with Crippen molar-refractivity contribution in [2.24, 2.45) is 0 Å². The summed E-state index contributed by atoms with van der Waals surface area (Å²) in [4.78, 5) is 4.39. The van der Waals surface area contributed by atoms with Crippen molar-refractivity contribution in [3.63, 3.8) is 0 Å². The Morgan fingerprint density at radius 3 is 3.00 bits per heavy atom. The predicted octanol–water partition coefficient (Wildman–Crippen LogP) is 3.46. The second kappa shape index (κ2) is 4.92. The highest BCUT2D eigenvalue weighted by Crippen LogP contribution is 2.33. The van der Waals surface area contributed by atoms with Crippen LogP contribution in [0.4, 0.5) is 11.5 Å². The maximum Gasteiger partial charge on any atom is 0.126 e. The van der Waals surface area contributed by atoms with E-state index in [4.69, 9.17) is 5.73 Å². The summed E-state index contributed by atoms with van der Waals surface area (Å²) in [5.41, 5.74) is 10.7. The summed E-state index contributed by atoms with van der Waals surface area (Å²) >= 11 is 0. The molecule has 0 saturated heterocycles. The van der Waals surface area contributed by atoms with Gasteiger partial charge in [0, 0.05) is 11.9 Å². The van der Waals surface area contributed by atoms with E-state index in [1.807, 2.05) is 18.3 Å². The molecule has 2 aromatic rings. The molecule has 3 heteroatoms. The molecule has 19 heavy (non-hydrogen) atoms. The van der Waals surface area contributed by atoms with E-state index in [-0.39, 0.29) is 0 Å². The molecule has 1 aromatic carbocycles. The van der Waals surface area contributed by atoms with Crippen LogP contribution in [0.3, 0.4) is 0 Å². The Labute approximate surface area is 113 Å². The highest BCUT2D eigenvalue weighted by molar-refractivity contribution is 5.49. The molecule has 1 aromatic heterocycles. The first-order valence-corrected chi connectivity index (χ1v) is 6.80. The molecule has 0 spiro atoms. The molecule has 0 bridgehead atoms. The van der Waals surface area contributed by atoms with E-state index in [9.17, 15) is 0 Å². The van der Waals surface area contributed by atoms with Gasteiger partial charge in [0.15, 0.2) is 0 Å². The van der Waals surface area contributed by atoms with Crippen LogP contribution in [0.2, 0.25) is 0 Å². The lowest BCUT2D eigenvalue weighted by atomic mass is 9.87. The topological polar surface area (TPSA) is 50.9 Å². The minimum Gasteiger partial charge on any atom is -0.399 e. The fourth-order valence-corrected chi connectivity index (χ4v) is 2.78. The highest BCUT2D eigenvalue weighted by Gasteiger charge is 2.20. The third-order valence-electron chi connectivity index (χ3n) is 3.72. The Hall–Kier alpha value is -2.03. The first kappa shape index (κ1) is 12.0. The van der Waals surface area contributed by atoms with E-state index in [1.165, 1.54) is 23.1 Å². The third-order valence-corrected chi connectivity index (χ3v) is 3.72. The Bertz CT molecular complexity index is 592. The molecule has 3 N–H and O–H groups in total. The fraction of sp³-hybridized carbons (Fsp3) is 0.312. The smallest absolute Gasteiger partial charge is 0.126 e. The number of hydrogen-bond acceptors (Lipinski definition) is 3. The summed E-state index contributed by atoms with van der Waals surface area (Å²) in [5, 5.41) is 3.55. The average molecular weight is 253 g/mol. The van der Waals surface area contributed by atoms with Crippen molar-refractivity contribution in [3.05, 3.63) is 53.2 Å². The summed E-state index contributed by atoms with van der Waals surface area (Å²) < 4.78 is 0. The lowest BCUT2D eigenvalue weighted by Crippen LogP contribution is -2.18. The molecule has 0 radical (unpaired) electrons. The lowest BCUT2D eigenvalue weighted by Gasteiger charge is -2.27. The van der Waals surface area contributed by atoms with E-state index in [1.54, 1.807) is 0 Å². The molecule has 1 heterocycles. The second-order valence-electron chi connectivity index (χ2n) is 5.27. The molecule has 98 valence electrons. The van der Waals surface area contributed by atoms with Crippen LogP contribution in [-0.4, -0.2) is 4.98 Å². The molecular formula is C16H19N3. The molecule has 0 amide bonds. The van der Waals surface area contributed by atoms with Gasteiger partial charge >= 0.3 is 0 Å². The molecular weight excluding hydrogens is 234 g/mol. The number of benzene rings is 1. The Kier molecular flexibility index (Phi) is 3.11. The molecule has 1 unspecified atom stereocenters. The molecule has 3 rings (SSSR count).